The minimum absolute atomic E-state index is 0.0556. The molecule has 0 aliphatic heterocycles. The van der Waals surface area contributed by atoms with E-state index in [0.29, 0.717) is 16.7 Å². The fourth-order valence-corrected chi connectivity index (χ4v) is 2.61. The van der Waals surface area contributed by atoms with Crippen molar-refractivity contribution in [2.45, 2.75) is 0 Å². The highest BCUT2D eigenvalue weighted by atomic mass is 16.2. The molecule has 1 heterocycles. The third-order valence-corrected chi connectivity index (χ3v) is 3.64. The summed E-state index contributed by atoms with van der Waals surface area (Å²) in [6, 6.07) is 12.5. The van der Waals surface area contributed by atoms with Crippen LogP contribution < -0.4 is 5.32 Å². The van der Waals surface area contributed by atoms with E-state index < -0.39 is 0 Å². The first-order valence-corrected chi connectivity index (χ1v) is 6.69. The molecule has 0 spiro atoms. The van der Waals surface area contributed by atoms with Gasteiger partial charge in [-0.15, -0.1) is 0 Å². The zero-order valence-electron chi connectivity index (χ0n) is 11.3. The summed E-state index contributed by atoms with van der Waals surface area (Å²) in [5.41, 5.74) is 3.38. The van der Waals surface area contributed by atoms with Crippen LogP contribution >= 0.6 is 0 Å². The first-order chi connectivity index (χ1) is 10.7. The van der Waals surface area contributed by atoms with Gasteiger partial charge >= 0.3 is 0 Å². The highest BCUT2D eigenvalue weighted by molar-refractivity contribution is 6.22. The lowest BCUT2D eigenvalue weighted by Gasteiger charge is -2.04. The predicted molar refractivity (Wildman–Crippen MR) is 79.6 cm³/mol. The van der Waals surface area contributed by atoms with Crippen LogP contribution in [0, 0.1) is 0 Å². The largest absolute Gasteiger partial charge is 0.291 e. The first-order valence-electron chi connectivity index (χ1n) is 6.69. The number of fused-ring (bicyclic) bond motifs is 3. The Labute approximate surface area is 125 Å². The number of nitrogens with one attached hydrogen (secondary N) is 2. The molecule has 0 bridgehead atoms. The SMILES string of the molecule is O=C(Nc1ncn[nH]1)c1ccc2c(c1)C(=O)c1ccccc1-2. The molecule has 0 saturated heterocycles. The number of ketones is 1. The molecule has 3 aromatic rings. The second-order valence-electron chi connectivity index (χ2n) is 4.92. The van der Waals surface area contributed by atoms with Crippen molar-refractivity contribution < 1.29 is 9.59 Å². The Morgan fingerprint density at radius 1 is 1.00 bits per heavy atom. The minimum Gasteiger partial charge on any atom is -0.291 e. The van der Waals surface area contributed by atoms with Crippen LogP contribution in [0.3, 0.4) is 0 Å². The van der Waals surface area contributed by atoms with Gasteiger partial charge in [-0.05, 0) is 23.3 Å². The maximum absolute atomic E-state index is 12.4. The molecule has 0 unspecified atom stereocenters. The van der Waals surface area contributed by atoms with Gasteiger partial charge < -0.3 is 0 Å². The van der Waals surface area contributed by atoms with E-state index >= 15 is 0 Å². The lowest BCUT2D eigenvalue weighted by atomic mass is 10.0. The molecule has 6 heteroatoms. The molecular weight excluding hydrogens is 280 g/mol. The maximum Gasteiger partial charge on any atom is 0.258 e. The number of hydrogen-bond acceptors (Lipinski definition) is 4. The molecule has 1 aromatic heterocycles. The highest BCUT2D eigenvalue weighted by Crippen LogP contribution is 2.36. The topological polar surface area (TPSA) is 87.7 Å². The van der Waals surface area contributed by atoms with E-state index in [4.69, 9.17) is 0 Å². The van der Waals surface area contributed by atoms with Gasteiger partial charge in [0.2, 0.25) is 5.95 Å². The van der Waals surface area contributed by atoms with Gasteiger partial charge in [0.05, 0.1) is 0 Å². The number of rotatable bonds is 2. The van der Waals surface area contributed by atoms with Crippen LogP contribution in [0.25, 0.3) is 11.1 Å². The Kier molecular flexibility index (Phi) is 2.62. The lowest BCUT2D eigenvalue weighted by Crippen LogP contribution is -2.13. The number of amides is 1. The predicted octanol–water partition coefficient (Wildman–Crippen LogP) is 2.27. The molecule has 0 fully saturated rings. The molecule has 1 amide bonds. The molecule has 4 rings (SSSR count). The van der Waals surface area contributed by atoms with Crippen LogP contribution in [0.15, 0.2) is 48.8 Å². The summed E-state index contributed by atoms with van der Waals surface area (Å²) in [5, 5.41) is 8.80. The maximum atomic E-state index is 12.4. The molecule has 2 aromatic carbocycles. The summed E-state index contributed by atoms with van der Waals surface area (Å²) < 4.78 is 0. The van der Waals surface area contributed by atoms with E-state index in [1.165, 1.54) is 6.33 Å². The first kappa shape index (κ1) is 12.5. The third kappa shape index (κ3) is 1.81. The number of aromatic nitrogens is 3. The van der Waals surface area contributed by atoms with Crippen LogP contribution in [0.4, 0.5) is 5.95 Å². The average Bonchev–Trinajstić information content (AvgIpc) is 3.15. The van der Waals surface area contributed by atoms with E-state index in [9.17, 15) is 9.59 Å². The monoisotopic (exact) mass is 290 g/mol. The van der Waals surface area contributed by atoms with Crippen molar-refractivity contribution >= 4 is 17.6 Å². The van der Waals surface area contributed by atoms with E-state index in [-0.39, 0.29) is 17.6 Å². The van der Waals surface area contributed by atoms with Gasteiger partial charge in [0, 0.05) is 16.7 Å². The van der Waals surface area contributed by atoms with Crippen LogP contribution in [0.5, 0.6) is 0 Å². The Morgan fingerprint density at radius 3 is 2.55 bits per heavy atom. The zero-order chi connectivity index (χ0) is 15.1. The van der Waals surface area contributed by atoms with Gasteiger partial charge in [-0.2, -0.15) is 10.1 Å². The molecule has 2 N–H and O–H groups in total. The molecule has 0 saturated carbocycles. The van der Waals surface area contributed by atoms with Crippen molar-refractivity contribution in [1.29, 1.82) is 0 Å². The van der Waals surface area contributed by atoms with Gasteiger partial charge in [-0.25, -0.2) is 5.10 Å². The Balaban J connectivity index is 1.72. The number of carbonyl (C=O) groups excluding carboxylic acids is 2. The average molecular weight is 290 g/mol. The smallest absolute Gasteiger partial charge is 0.258 e. The lowest BCUT2D eigenvalue weighted by molar-refractivity contribution is 0.102. The second kappa shape index (κ2) is 4.63. The quantitative estimate of drug-likeness (QED) is 0.593. The number of anilines is 1. The molecule has 1 aliphatic rings. The second-order valence-corrected chi connectivity index (χ2v) is 4.92. The summed E-state index contributed by atoms with van der Waals surface area (Å²) in [6.07, 6.45) is 1.30. The van der Waals surface area contributed by atoms with E-state index in [2.05, 4.69) is 20.5 Å². The molecular formula is C16H10N4O2. The number of carbonyl (C=O) groups is 2. The van der Waals surface area contributed by atoms with E-state index in [0.717, 1.165) is 11.1 Å². The van der Waals surface area contributed by atoms with Gasteiger partial charge in [-0.1, -0.05) is 30.3 Å². The highest BCUT2D eigenvalue weighted by Gasteiger charge is 2.27. The summed E-state index contributed by atoms with van der Waals surface area (Å²) in [4.78, 5) is 28.4. The molecule has 22 heavy (non-hydrogen) atoms. The van der Waals surface area contributed by atoms with Gasteiger partial charge in [0.1, 0.15) is 6.33 Å². The fourth-order valence-electron chi connectivity index (χ4n) is 2.61. The van der Waals surface area contributed by atoms with Gasteiger partial charge in [-0.3, -0.25) is 14.9 Å². The van der Waals surface area contributed by atoms with Crippen molar-refractivity contribution in [1.82, 2.24) is 15.2 Å². The van der Waals surface area contributed by atoms with Crippen LogP contribution in [-0.4, -0.2) is 26.9 Å². The number of aromatic amines is 1. The Hall–Kier alpha value is -3.28. The Bertz CT molecular complexity index is 900. The van der Waals surface area contributed by atoms with Crippen molar-refractivity contribution in [2.75, 3.05) is 5.32 Å². The third-order valence-electron chi connectivity index (χ3n) is 3.64. The van der Waals surface area contributed by atoms with Crippen molar-refractivity contribution in [3.05, 3.63) is 65.5 Å². The van der Waals surface area contributed by atoms with Crippen molar-refractivity contribution in [3.8, 4) is 11.1 Å². The minimum atomic E-state index is -0.344. The zero-order valence-corrected chi connectivity index (χ0v) is 11.3. The molecule has 0 atom stereocenters. The number of benzene rings is 2. The molecule has 0 radical (unpaired) electrons. The Morgan fingerprint density at radius 2 is 1.77 bits per heavy atom. The van der Waals surface area contributed by atoms with E-state index in [1.807, 2.05) is 18.2 Å². The summed E-state index contributed by atoms with van der Waals surface area (Å²) in [7, 11) is 0. The van der Waals surface area contributed by atoms with Crippen LogP contribution in [-0.2, 0) is 0 Å². The van der Waals surface area contributed by atoms with Gasteiger partial charge in [0.15, 0.2) is 5.78 Å². The van der Waals surface area contributed by atoms with Crippen molar-refractivity contribution in [2.24, 2.45) is 0 Å². The normalized spacial score (nSPS) is 11.9. The van der Waals surface area contributed by atoms with Gasteiger partial charge in [0.25, 0.3) is 5.91 Å². The molecule has 106 valence electrons. The van der Waals surface area contributed by atoms with Crippen LogP contribution in [0.1, 0.15) is 26.3 Å². The number of nitrogens with zero attached hydrogens (tertiary/aromatic N) is 2. The molecule has 1 aliphatic carbocycles. The molecule has 6 nitrogen and oxygen atoms in total. The summed E-state index contributed by atoms with van der Waals surface area (Å²) in [6.45, 7) is 0. The van der Waals surface area contributed by atoms with Crippen molar-refractivity contribution in [3.63, 3.8) is 0 Å². The number of hydrogen-bond donors (Lipinski definition) is 2. The fraction of sp³-hybridized carbons (Fsp3) is 0. The van der Waals surface area contributed by atoms with Crippen LogP contribution in [0.2, 0.25) is 0 Å². The standard InChI is InChI=1S/C16H10N4O2/c21-14-12-4-2-1-3-10(12)11-6-5-9(7-13(11)14)15(22)19-16-17-8-18-20-16/h1-8H,(H2,17,18,19,20,22). The summed E-state index contributed by atoms with van der Waals surface area (Å²) >= 11 is 0. The summed E-state index contributed by atoms with van der Waals surface area (Å²) in [5.74, 6) is -0.136. The van der Waals surface area contributed by atoms with E-state index in [1.54, 1.807) is 24.3 Å². The number of H-pyrrole nitrogens is 1.